The Morgan fingerprint density at radius 2 is 1.42 bits per heavy atom. The minimum atomic E-state index is -0.535. The van der Waals surface area contributed by atoms with E-state index in [9.17, 15) is 10.2 Å². The van der Waals surface area contributed by atoms with E-state index in [-0.39, 0.29) is 5.92 Å². The van der Waals surface area contributed by atoms with Gasteiger partial charge in [-0.1, -0.05) is 36.4 Å². The van der Waals surface area contributed by atoms with Crippen LogP contribution < -0.4 is 0 Å². The fraction of sp³-hybridized carbons (Fsp3) is 0.455. The molecule has 0 spiro atoms. The molecule has 0 radical (unpaired) electrons. The maximum absolute atomic E-state index is 11.0. The van der Waals surface area contributed by atoms with Crippen molar-refractivity contribution in [1.82, 2.24) is 0 Å². The number of aryl methyl sites for hydroxylation is 4. The molecule has 2 N–H and O–H groups in total. The highest BCUT2D eigenvalue weighted by Gasteiger charge is 2.33. The summed E-state index contributed by atoms with van der Waals surface area (Å²) < 4.78 is 0. The molecule has 2 aromatic carbocycles. The lowest BCUT2D eigenvalue weighted by Crippen LogP contribution is -2.30. The van der Waals surface area contributed by atoms with Crippen LogP contribution >= 0.6 is 0 Å². The predicted octanol–water partition coefficient (Wildman–Crippen LogP) is 3.55. The Balaban J connectivity index is 1.79. The van der Waals surface area contributed by atoms with Crippen LogP contribution in [0.25, 0.3) is 0 Å². The van der Waals surface area contributed by atoms with Crippen molar-refractivity contribution in [2.75, 3.05) is 0 Å². The van der Waals surface area contributed by atoms with Crippen molar-refractivity contribution in [3.8, 4) is 0 Å². The first-order valence-electron chi connectivity index (χ1n) is 9.21. The second-order valence-electron chi connectivity index (χ2n) is 7.48. The van der Waals surface area contributed by atoms with E-state index in [1.54, 1.807) is 0 Å². The summed E-state index contributed by atoms with van der Waals surface area (Å²) in [7, 11) is 0. The summed E-state index contributed by atoms with van der Waals surface area (Å²) in [5.41, 5.74) is 7.86. The molecule has 2 heteroatoms. The van der Waals surface area contributed by atoms with Crippen molar-refractivity contribution < 1.29 is 10.2 Å². The zero-order valence-corrected chi connectivity index (χ0v) is 14.3. The van der Waals surface area contributed by atoms with Gasteiger partial charge in [0.25, 0.3) is 0 Å². The van der Waals surface area contributed by atoms with Gasteiger partial charge in [-0.15, -0.1) is 0 Å². The molecule has 2 nitrogen and oxygen atoms in total. The Morgan fingerprint density at radius 1 is 0.833 bits per heavy atom. The molecular weight excluding hydrogens is 296 g/mol. The number of rotatable bonds is 1. The first-order chi connectivity index (χ1) is 11.6. The van der Waals surface area contributed by atoms with E-state index < -0.39 is 12.2 Å². The highest BCUT2D eigenvalue weighted by molar-refractivity contribution is 5.46. The molecule has 0 saturated carbocycles. The summed E-state index contributed by atoms with van der Waals surface area (Å²) >= 11 is 0. The molecule has 24 heavy (non-hydrogen) atoms. The third kappa shape index (κ3) is 2.78. The second-order valence-corrected chi connectivity index (χ2v) is 7.48. The smallest absolute Gasteiger partial charge is 0.0848 e. The van der Waals surface area contributed by atoms with Crippen LogP contribution in [0.3, 0.4) is 0 Å². The van der Waals surface area contributed by atoms with E-state index in [1.165, 1.54) is 27.8 Å². The quantitative estimate of drug-likeness (QED) is 0.843. The number of aliphatic hydroxyl groups excluding tert-OH is 2. The molecule has 0 aliphatic heterocycles. The van der Waals surface area contributed by atoms with Crippen molar-refractivity contribution >= 4 is 0 Å². The van der Waals surface area contributed by atoms with Crippen LogP contribution in [0, 0.1) is 5.92 Å². The Bertz CT molecular complexity index is 730. The number of aliphatic hydroxyl groups is 2. The molecule has 5 aliphatic carbocycles. The van der Waals surface area contributed by atoms with Gasteiger partial charge in [0, 0.05) is 5.92 Å². The molecule has 0 saturated heterocycles. The zero-order valence-electron chi connectivity index (χ0n) is 14.3. The van der Waals surface area contributed by atoms with E-state index in [4.69, 9.17) is 0 Å². The molecule has 3 unspecified atom stereocenters. The van der Waals surface area contributed by atoms with Crippen LogP contribution in [0.2, 0.25) is 0 Å². The second kappa shape index (κ2) is 6.34. The first-order valence-corrected chi connectivity index (χ1v) is 9.21. The fourth-order valence-corrected chi connectivity index (χ4v) is 4.49. The van der Waals surface area contributed by atoms with E-state index in [0.717, 1.165) is 44.1 Å². The molecule has 5 aliphatic rings. The lowest BCUT2D eigenvalue weighted by Gasteiger charge is -2.35. The Labute approximate surface area is 144 Å². The highest BCUT2D eigenvalue weighted by atomic mass is 16.3. The van der Waals surface area contributed by atoms with Crippen LogP contribution in [0.4, 0.5) is 0 Å². The molecular formula is C22H26O2. The fourth-order valence-electron chi connectivity index (χ4n) is 4.49. The molecule has 2 aromatic rings. The van der Waals surface area contributed by atoms with E-state index in [2.05, 4.69) is 36.4 Å². The lowest BCUT2D eigenvalue weighted by molar-refractivity contribution is 0.00926. The predicted molar refractivity (Wildman–Crippen MR) is 96.2 cm³/mol. The molecule has 7 rings (SSSR count). The van der Waals surface area contributed by atoms with Gasteiger partial charge in [-0.2, -0.15) is 0 Å². The van der Waals surface area contributed by atoms with Crippen molar-refractivity contribution in [3.63, 3.8) is 0 Å². The molecule has 0 amide bonds. The average Bonchev–Trinajstić information content (AvgIpc) is 2.57. The number of benzene rings is 2. The summed E-state index contributed by atoms with van der Waals surface area (Å²) in [4.78, 5) is 0. The molecule has 4 bridgehead atoms. The molecule has 0 aromatic heterocycles. The van der Waals surface area contributed by atoms with Crippen molar-refractivity contribution in [1.29, 1.82) is 0 Å². The van der Waals surface area contributed by atoms with Crippen molar-refractivity contribution in [3.05, 3.63) is 69.8 Å². The monoisotopic (exact) mass is 322 g/mol. The van der Waals surface area contributed by atoms with Gasteiger partial charge in [0.1, 0.15) is 0 Å². The van der Waals surface area contributed by atoms with Gasteiger partial charge in [0.15, 0.2) is 0 Å². The van der Waals surface area contributed by atoms with Gasteiger partial charge in [-0.25, -0.2) is 0 Å². The van der Waals surface area contributed by atoms with Gasteiger partial charge in [0.2, 0.25) is 0 Å². The van der Waals surface area contributed by atoms with Crippen LogP contribution in [0.5, 0.6) is 0 Å². The third-order valence-electron chi connectivity index (χ3n) is 5.98. The Morgan fingerprint density at radius 3 is 2.04 bits per heavy atom. The largest absolute Gasteiger partial charge is 0.393 e. The molecule has 0 fully saturated rings. The summed E-state index contributed by atoms with van der Waals surface area (Å²) in [5, 5.41) is 21.0. The summed E-state index contributed by atoms with van der Waals surface area (Å²) in [6.45, 7) is 1.81. The zero-order chi connectivity index (χ0) is 16.7. The lowest BCUT2D eigenvalue weighted by atomic mass is 9.74. The molecule has 0 heterocycles. The van der Waals surface area contributed by atoms with Crippen LogP contribution in [-0.4, -0.2) is 16.3 Å². The van der Waals surface area contributed by atoms with Crippen LogP contribution in [0.1, 0.15) is 52.8 Å². The topological polar surface area (TPSA) is 40.5 Å². The van der Waals surface area contributed by atoms with Crippen LogP contribution in [0.15, 0.2) is 36.4 Å². The third-order valence-corrected chi connectivity index (χ3v) is 5.98. The average molecular weight is 322 g/mol. The normalized spacial score (nSPS) is 24.1. The van der Waals surface area contributed by atoms with Gasteiger partial charge in [-0.05, 0) is 78.8 Å². The summed E-state index contributed by atoms with van der Waals surface area (Å²) in [5.74, 6) is -0.0438. The van der Waals surface area contributed by atoms with Gasteiger partial charge in [0.05, 0.1) is 12.2 Å². The van der Waals surface area contributed by atoms with Gasteiger partial charge < -0.3 is 10.2 Å². The standard InChI is InChI=1S/C22H26O2/c1-14(23)19-12-13-20-17-8-6-15-2-4-16(5-3-15)7-9-18(11-10-17)21(20)22(19)24/h2-5,10-11,14,19,22-24H,6-9,12-13H2,1H3. The first kappa shape index (κ1) is 15.9. The maximum Gasteiger partial charge on any atom is 0.0848 e. The van der Waals surface area contributed by atoms with Crippen LogP contribution in [-0.2, 0) is 32.1 Å². The summed E-state index contributed by atoms with van der Waals surface area (Å²) in [6.07, 6.45) is 4.86. The minimum Gasteiger partial charge on any atom is -0.393 e. The minimum absolute atomic E-state index is 0.0438. The summed E-state index contributed by atoms with van der Waals surface area (Å²) in [6, 6.07) is 13.5. The Kier molecular flexibility index (Phi) is 4.19. The van der Waals surface area contributed by atoms with Crippen molar-refractivity contribution in [2.24, 2.45) is 5.92 Å². The van der Waals surface area contributed by atoms with Gasteiger partial charge in [-0.3, -0.25) is 0 Å². The SMILES string of the molecule is CC(O)C1CCc2c3ccc(c2C1O)CCc1ccc(cc1)CC3. The van der Waals surface area contributed by atoms with E-state index in [1.807, 2.05) is 6.92 Å². The molecule has 3 atom stereocenters. The maximum atomic E-state index is 11.0. The van der Waals surface area contributed by atoms with Gasteiger partial charge >= 0.3 is 0 Å². The number of hydrogen-bond donors (Lipinski definition) is 2. The van der Waals surface area contributed by atoms with E-state index in [0.29, 0.717) is 0 Å². The number of hydrogen-bond acceptors (Lipinski definition) is 2. The highest BCUT2D eigenvalue weighted by Crippen LogP contribution is 2.40. The van der Waals surface area contributed by atoms with E-state index >= 15 is 0 Å². The Hall–Kier alpha value is -1.64. The van der Waals surface area contributed by atoms with Crippen molar-refractivity contribution in [2.45, 2.75) is 57.7 Å². The molecule has 126 valence electrons.